The number of nitrogens with one attached hydrogen (secondary N) is 12. The lowest BCUT2D eigenvalue weighted by atomic mass is 9.89. The molecule has 0 spiro atoms. The first-order chi connectivity index (χ1) is 64.7. The second-order valence-electron chi connectivity index (χ2n) is 36.9. The van der Waals surface area contributed by atoms with Crippen LogP contribution in [0.1, 0.15) is 166 Å². The average molecular weight is 1970 g/mol. The van der Waals surface area contributed by atoms with Crippen LogP contribution in [0.15, 0.2) is 30.3 Å². The van der Waals surface area contributed by atoms with Gasteiger partial charge in [0.2, 0.25) is 65.0 Å². The molecular weight excluding hydrogens is 1820 g/mol. The molecule has 1 aromatic carbocycles. The van der Waals surface area contributed by atoms with Crippen molar-refractivity contribution in [3.05, 3.63) is 35.9 Å². The van der Waals surface area contributed by atoms with Gasteiger partial charge in [0.1, 0.15) is 79.5 Å². The van der Waals surface area contributed by atoms with E-state index < -0.39 is 276 Å². The Balaban J connectivity index is 2.23. The van der Waals surface area contributed by atoms with Crippen LogP contribution in [0.2, 0.25) is 0 Å². The SMILES string of the molecule is CC[C@H](C)[C@@H]([C@@H](CC(=O)N1CCC[C@H]1[C@H](OC)[C@@H](C)C(=O)N[C@@H](Cc1ccccc1)C(=O)NCCCOC(=O)[C@H](C)NC(=O)C[C@H](NC(=O)CCNC(=O)OC[C@H](NC(C)C(=O)CNC(C)C(=O)CCNC(=O)CCOCC(C)(C)C)C(=O)N[C@@H](CCC(=O)NC[C@H](O)[C@@H](O)[C@H](O)[C@H](O)CO)C(=O)NC[C@H](O)[C@@H](O)[C@H](O)[C@H](O)CO)C(=O)O)OC)N(C)C(=O)[C@@H](NC(=O)[C@H](C(C)C)N(C)C)C(C)C. The summed E-state index contributed by atoms with van der Waals surface area (Å²) in [4.78, 5) is 222. The quantitative estimate of drug-likeness (QED) is 0.0213. The maximum atomic E-state index is 14.7. The Hall–Kier alpha value is -9.70. The first-order valence-electron chi connectivity index (χ1n) is 46.7. The van der Waals surface area contributed by atoms with Crippen LogP contribution in [0.4, 0.5) is 4.79 Å². The molecule has 1 aliphatic rings. The minimum Gasteiger partial charge on any atom is -0.480 e. The largest absolute Gasteiger partial charge is 0.480 e. The summed E-state index contributed by atoms with van der Waals surface area (Å²) in [5.41, 5.74) is 0.568. The number of aliphatic hydroxyl groups excluding tert-OH is 10. The molecule has 47 nitrogen and oxygen atoms in total. The van der Waals surface area contributed by atoms with Gasteiger partial charge >= 0.3 is 18.0 Å². The van der Waals surface area contributed by atoms with Crippen LogP contribution in [-0.4, -0.2) is 414 Å². The predicted octanol–water partition coefficient (Wildman–Crippen LogP) is -6.22. The molecule has 1 fully saturated rings. The number of methoxy groups -OCH3 is 2. The molecule has 1 heterocycles. The van der Waals surface area contributed by atoms with Crippen LogP contribution < -0.4 is 63.8 Å². The summed E-state index contributed by atoms with van der Waals surface area (Å²) in [5, 5.41) is 140. The lowest BCUT2D eigenvalue weighted by molar-refractivity contribution is -0.148. The fourth-order valence-electron chi connectivity index (χ4n) is 15.1. The number of amides is 12. The van der Waals surface area contributed by atoms with E-state index in [0.29, 0.717) is 38.0 Å². The molecule has 0 bridgehead atoms. The van der Waals surface area contributed by atoms with Crippen molar-refractivity contribution in [3.63, 3.8) is 0 Å². The van der Waals surface area contributed by atoms with Gasteiger partial charge in [-0.2, -0.15) is 0 Å². The predicted molar refractivity (Wildman–Crippen MR) is 497 cm³/mol. The highest BCUT2D eigenvalue weighted by Crippen LogP contribution is 2.31. The number of hydrogen-bond donors (Lipinski definition) is 23. The van der Waals surface area contributed by atoms with E-state index in [1.54, 1.807) is 68.2 Å². The fourth-order valence-corrected chi connectivity index (χ4v) is 15.1. The maximum absolute atomic E-state index is 14.7. The highest BCUT2D eigenvalue weighted by molar-refractivity contribution is 5.94. The number of carboxylic acids is 1. The Kier molecular flexibility index (Phi) is 57.6. The van der Waals surface area contributed by atoms with Crippen LogP contribution in [0.25, 0.3) is 0 Å². The normalized spacial score (nSPS) is 17.6. The summed E-state index contributed by atoms with van der Waals surface area (Å²) in [7, 11) is 8.18. The van der Waals surface area contributed by atoms with Gasteiger partial charge in [-0.1, -0.05) is 106 Å². The summed E-state index contributed by atoms with van der Waals surface area (Å²) in [6.07, 6.45) is -21.0. The monoisotopic (exact) mass is 1970 g/mol. The number of hydrogen-bond acceptors (Lipinski definition) is 34. The zero-order chi connectivity index (χ0) is 105. The summed E-state index contributed by atoms with van der Waals surface area (Å²) in [5.74, 6) is -13.3. The van der Waals surface area contributed by atoms with Crippen LogP contribution in [0, 0.1) is 29.1 Å². The van der Waals surface area contributed by atoms with Crippen molar-refractivity contribution in [1.82, 2.24) is 78.5 Å². The van der Waals surface area contributed by atoms with E-state index in [1.165, 1.54) is 35.0 Å². The number of nitrogens with zero attached hydrogens (tertiary/aromatic N) is 3. The standard InChI is InChI=1S/C91H157N15O32/c1-19-51(6)76(105(16)87(129)74(49(2)3)103-86(128)75(50(4)5)104(14)15)68(134-17)41-73(119)106-36-23-27-61(106)81(135-18)52(7)82(124)102-58(39-56-25-21-20-22-26-56)84(126)93-33-24-37-137-89(132)55(10)99-72(118)40-59(88(130)131)100-71(117)31-35-94-90(133)138-47-60(98-54(9)63(110)42-95-53(8)62(109)30-34-92-70(116)32-38-136-48-91(11,12)13)85(127)101-57(83(125)97-44-65(112)78(121)80(123)67(114)46-108)28-29-69(115)96-43-64(111)77(120)79(122)66(113)45-107/h20-22,25-26,49-55,57-61,64-68,74-81,95,98,107-108,111-114,120-123H,19,23-24,27-48H2,1-18H3,(H,92,116)(H,93,126)(H,94,133)(H,96,115)(H,97,125)(H,99,118)(H,100,117)(H,101,127)(H,102,124)(H,103,128)(H,130,131)/t51-,52+,53?,54?,55-,57-,58-,59-,60-,61-,64-,65-,66+,67+,68+,74-,75-,76-,77+,78+,79+,80+,81+/m0/s1. The number of likely N-dealkylation sites (N-methyl/N-ethyl adjacent to an activating group) is 2. The molecule has 0 saturated carbocycles. The molecule has 23 atom stereocenters. The molecule has 1 saturated heterocycles. The molecule has 12 amide bonds. The van der Waals surface area contributed by atoms with E-state index in [2.05, 4.69) is 63.8 Å². The highest BCUT2D eigenvalue weighted by Gasteiger charge is 2.45. The van der Waals surface area contributed by atoms with E-state index in [9.17, 15) is 128 Å². The number of aliphatic hydroxyl groups is 10. The van der Waals surface area contributed by atoms with Gasteiger partial charge in [0, 0.05) is 92.6 Å². The molecule has 47 heteroatoms. The molecule has 788 valence electrons. The van der Waals surface area contributed by atoms with E-state index in [0.717, 1.165) is 0 Å². The van der Waals surface area contributed by atoms with Crippen LogP contribution in [-0.2, 0) is 102 Å². The third-order valence-corrected chi connectivity index (χ3v) is 23.4. The first kappa shape index (κ1) is 124. The third-order valence-electron chi connectivity index (χ3n) is 23.4. The van der Waals surface area contributed by atoms with Crippen molar-refractivity contribution in [2.45, 2.75) is 295 Å². The zero-order valence-corrected chi connectivity index (χ0v) is 82.8. The first-order valence-corrected chi connectivity index (χ1v) is 46.7. The van der Waals surface area contributed by atoms with Crippen LogP contribution in [0.5, 0.6) is 0 Å². The highest BCUT2D eigenvalue weighted by atomic mass is 16.6. The number of esters is 1. The zero-order valence-electron chi connectivity index (χ0n) is 82.8. The van der Waals surface area contributed by atoms with Gasteiger partial charge in [-0.05, 0) is 89.3 Å². The average Bonchev–Trinajstić information content (AvgIpc) is 1.41. The van der Waals surface area contributed by atoms with Crippen molar-refractivity contribution >= 4 is 94.6 Å². The Labute approximate surface area is 806 Å². The molecule has 23 N–H and O–H groups in total. The van der Waals surface area contributed by atoms with Crippen LogP contribution >= 0.6 is 0 Å². The number of alkyl carbamates (subject to hydrolysis) is 1. The van der Waals surface area contributed by atoms with Gasteiger partial charge in [-0.3, -0.25) is 72.5 Å². The number of likely N-dealkylation sites (tertiary alicyclic amines) is 1. The number of rotatable bonds is 68. The Bertz CT molecular complexity index is 3980. The second-order valence-corrected chi connectivity index (χ2v) is 36.9. The third kappa shape index (κ3) is 44.4. The number of ketones is 2. The summed E-state index contributed by atoms with van der Waals surface area (Å²) in [6, 6.07) is -4.27. The lowest BCUT2D eigenvalue weighted by Crippen LogP contribution is -2.59. The Morgan fingerprint density at radius 2 is 1.12 bits per heavy atom. The second kappa shape index (κ2) is 63.9. The topological polar surface area (TPSA) is 696 Å². The molecular formula is C91H157N15O32. The van der Waals surface area contributed by atoms with Gasteiger partial charge in [-0.15, -0.1) is 0 Å². The Morgan fingerprint density at radius 3 is 1.68 bits per heavy atom. The maximum Gasteiger partial charge on any atom is 0.407 e. The van der Waals surface area contributed by atoms with Crippen LogP contribution in [0.3, 0.4) is 0 Å². The number of carbonyl (C=O) groups excluding carboxylic acids is 15. The number of benzene rings is 1. The minimum absolute atomic E-state index is 0.0235. The summed E-state index contributed by atoms with van der Waals surface area (Å²) < 4.78 is 28.3. The van der Waals surface area contributed by atoms with Crippen molar-refractivity contribution in [3.8, 4) is 0 Å². The smallest absolute Gasteiger partial charge is 0.407 e. The molecule has 2 unspecified atom stereocenters. The number of ether oxygens (including phenoxy) is 5. The molecule has 0 aliphatic carbocycles. The molecule has 1 aliphatic heterocycles. The van der Waals surface area contributed by atoms with E-state index in [1.807, 2.05) is 67.2 Å². The van der Waals surface area contributed by atoms with Crippen molar-refractivity contribution in [2.24, 2.45) is 29.1 Å². The van der Waals surface area contributed by atoms with E-state index >= 15 is 0 Å². The van der Waals surface area contributed by atoms with Crippen molar-refractivity contribution in [2.75, 3.05) is 121 Å². The molecule has 0 radical (unpaired) electrons. The lowest BCUT2D eigenvalue weighted by Gasteiger charge is -2.41. The van der Waals surface area contributed by atoms with E-state index in [-0.39, 0.29) is 105 Å². The molecule has 1 aromatic rings. The molecule has 2 rings (SSSR count). The number of carbonyl (C=O) groups is 16. The van der Waals surface area contributed by atoms with Gasteiger partial charge in [0.15, 0.2) is 11.6 Å². The fraction of sp³-hybridized carbons (Fsp3) is 0.758. The molecule has 0 aromatic heterocycles. The Morgan fingerprint density at radius 1 is 0.543 bits per heavy atom. The van der Waals surface area contributed by atoms with Gasteiger partial charge < -0.3 is 148 Å². The van der Waals surface area contributed by atoms with Gasteiger partial charge in [0.25, 0.3) is 0 Å². The van der Waals surface area contributed by atoms with Crippen molar-refractivity contribution in [1.29, 1.82) is 0 Å². The van der Waals surface area contributed by atoms with Gasteiger partial charge in [-0.25, -0.2) is 14.4 Å². The number of Topliss-reactive ketones (excluding diaryl/α,β-unsaturated/α-hetero) is 2. The van der Waals surface area contributed by atoms with Gasteiger partial charge in [0.05, 0.1) is 113 Å². The summed E-state index contributed by atoms with van der Waals surface area (Å²) >= 11 is 0. The minimum atomic E-state index is -2.20. The van der Waals surface area contributed by atoms with Crippen molar-refractivity contribution < 1.29 is 157 Å². The number of aliphatic carboxylic acids is 1. The van der Waals surface area contributed by atoms with E-state index in [4.69, 9.17) is 28.8 Å². The summed E-state index contributed by atoms with van der Waals surface area (Å²) in [6.45, 7) is 17.4. The number of carboxylic acid groups (broad SMARTS) is 1. The molecule has 138 heavy (non-hydrogen) atoms.